The van der Waals surface area contributed by atoms with Gasteiger partial charge in [0.2, 0.25) is 5.91 Å². The SMILES string of the molecule is NCC1CCCCC1C(=O)NC1(C(=O)O)CCC1. The predicted molar refractivity (Wildman–Crippen MR) is 66.9 cm³/mol. The van der Waals surface area contributed by atoms with Crippen LogP contribution >= 0.6 is 0 Å². The molecule has 0 aliphatic heterocycles. The quantitative estimate of drug-likeness (QED) is 0.694. The van der Waals surface area contributed by atoms with E-state index in [1.807, 2.05) is 0 Å². The van der Waals surface area contributed by atoms with Crippen LogP contribution in [0.1, 0.15) is 44.9 Å². The van der Waals surface area contributed by atoms with Gasteiger partial charge >= 0.3 is 5.97 Å². The second-order valence-electron chi connectivity index (χ2n) is 5.62. The van der Waals surface area contributed by atoms with Gasteiger partial charge in [0.1, 0.15) is 5.54 Å². The van der Waals surface area contributed by atoms with Gasteiger partial charge in [-0.25, -0.2) is 4.79 Å². The average molecular weight is 254 g/mol. The first kappa shape index (κ1) is 13.3. The molecule has 2 aliphatic carbocycles. The molecule has 0 radical (unpaired) electrons. The topological polar surface area (TPSA) is 92.4 Å². The number of nitrogens with two attached hydrogens (primary N) is 1. The van der Waals surface area contributed by atoms with Gasteiger partial charge in [0.15, 0.2) is 0 Å². The van der Waals surface area contributed by atoms with E-state index in [9.17, 15) is 14.7 Å². The van der Waals surface area contributed by atoms with Crippen LogP contribution in [0.5, 0.6) is 0 Å². The lowest BCUT2D eigenvalue weighted by Crippen LogP contribution is -2.61. The average Bonchev–Trinajstić information content (AvgIpc) is 2.33. The zero-order valence-corrected chi connectivity index (χ0v) is 10.7. The predicted octanol–water partition coefficient (Wildman–Crippen LogP) is 0.875. The van der Waals surface area contributed by atoms with Crippen molar-refractivity contribution in [1.29, 1.82) is 0 Å². The van der Waals surface area contributed by atoms with Crippen LogP contribution in [0, 0.1) is 11.8 Å². The second kappa shape index (κ2) is 5.26. The van der Waals surface area contributed by atoms with Gasteiger partial charge in [0, 0.05) is 5.92 Å². The molecule has 4 N–H and O–H groups in total. The summed E-state index contributed by atoms with van der Waals surface area (Å²) in [6.07, 6.45) is 5.95. The highest BCUT2D eigenvalue weighted by Crippen LogP contribution is 2.35. The zero-order chi connectivity index (χ0) is 13.2. The van der Waals surface area contributed by atoms with Crippen LogP contribution in [0.4, 0.5) is 0 Å². The minimum atomic E-state index is -0.992. The fraction of sp³-hybridized carbons (Fsp3) is 0.846. The summed E-state index contributed by atoms with van der Waals surface area (Å²) >= 11 is 0. The first-order valence-corrected chi connectivity index (χ1v) is 6.84. The highest BCUT2D eigenvalue weighted by atomic mass is 16.4. The fourth-order valence-electron chi connectivity index (χ4n) is 3.09. The van der Waals surface area contributed by atoms with E-state index < -0.39 is 11.5 Å². The molecule has 0 bridgehead atoms. The van der Waals surface area contributed by atoms with E-state index in [1.165, 1.54) is 0 Å². The van der Waals surface area contributed by atoms with Gasteiger partial charge in [0.05, 0.1) is 0 Å². The zero-order valence-electron chi connectivity index (χ0n) is 10.7. The second-order valence-corrected chi connectivity index (χ2v) is 5.62. The van der Waals surface area contributed by atoms with Gasteiger partial charge in [-0.1, -0.05) is 12.8 Å². The van der Waals surface area contributed by atoms with Crippen molar-refractivity contribution in [2.45, 2.75) is 50.5 Å². The smallest absolute Gasteiger partial charge is 0.329 e. The molecule has 18 heavy (non-hydrogen) atoms. The number of nitrogens with one attached hydrogen (secondary N) is 1. The molecule has 5 nitrogen and oxygen atoms in total. The van der Waals surface area contributed by atoms with Gasteiger partial charge in [-0.2, -0.15) is 0 Å². The Labute approximate surface area is 107 Å². The van der Waals surface area contributed by atoms with Crippen molar-refractivity contribution in [3.8, 4) is 0 Å². The van der Waals surface area contributed by atoms with Crippen LogP contribution < -0.4 is 11.1 Å². The van der Waals surface area contributed by atoms with E-state index in [0.29, 0.717) is 19.4 Å². The van der Waals surface area contributed by atoms with Crippen molar-refractivity contribution in [3.05, 3.63) is 0 Å². The molecule has 5 heteroatoms. The molecule has 102 valence electrons. The van der Waals surface area contributed by atoms with E-state index in [1.54, 1.807) is 0 Å². The van der Waals surface area contributed by atoms with E-state index in [-0.39, 0.29) is 17.7 Å². The van der Waals surface area contributed by atoms with Gasteiger partial charge in [-0.15, -0.1) is 0 Å². The Bertz CT molecular complexity index is 339. The standard InChI is InChI=1S/C13H22N2O3/c14-8-9-4-1-2-5-10(9)11(16)15-13(12(17)18)6-3-7-13/h9-10H,1-8,14H2,(H,15,16)(H,17,18). The third-order valence-corrected chi connectivity index (χ3v) is 4.53. The van der Waals surface area contributed by atoms with E-state index in [2.05, 4.69) is 5.32 Å². The number of rotatable bonds is 4. The third kappa shape index (κ3) is 2.36. The molecule has 0 spiro atoms. The number of carbonyl (C=O) groups excluding carboxylic acids is 1. The molecule has 0 aromatic carbocycles. The van der Waals surface area contributed by atoms with Crippen molar-refractivity contribution in [2.75, 3.05) is 6.54 Å². The summed E-state index contributed by atoms with van der Waals surface area (Å²) in [6.45, 7) is 0.512. The number of hydrogen-bond acceptors (Lipinski definition) is 3. The Hall–Kier alpha value is -1.10. The summed E-state index contributed by atoms with van der Waals surface area (Å²) in [7, 11) is 0. The summed E-state index contributed by atoms with van der Waals surface area (Å²) in [5.74, 6) is -0.889. The van der Waals surface area contributed by atoms with E-state index in [4.69, 9.17) is 5.73 Å². The number of amides is 1. The molecule has 2 unspecified atom stereocenters. The lowest BCUT2D eigenvalue weighted by atomic mass is 9.74. The molecule has 0 saturated heterocycles. The number of aliphatic carboxylic acids is 1. The van der Waals surface area contributed by atoms with Gasteiger partial charge in [-0.05, 0) is 44.6 Å². The summed E-state index contributed by atoms with van der Waals surface area (Å²) < 4.78 is 0. The summed E-state index contributed by atoms with van der Waals surface area (Å²) in [6, 6.07) is 0. The highest BCUT2D eigenvalue weighted by Gasteiger charge is 2.47. The monoisotopic (exact) mass is 254 g/mol. The number of carboxylic acids is 1. The Kier molecular flexibility index (Phi) is 3.90. The van der Waals surface area contributed by atoms with Crippen molar-refractivity contribution in [2.24, 2.45) is 17.6 Å². The van der Waals surface area contributed by atoms with Crippen molar-refractivity contribution in [3.63, 3.8) is 0 Å². The van der Waals surface area contributed by atoms with Crippen LogP contribution in [0.2, 0.25) is 0 Å². The van der Waals surface area contributed by atoms with Crippen LogP contribution in [-0.2, 0) is 9.59 Å². The number of carboxylic acid groups (broad SMARTS) is 1. The molecule has 0 aromatic rings. The summed E-state index contributed by atoms with van der Waals surface area (Å²) in [5.41, 5.74) is 4.71. The van der Waals surface area contributed by atoms with Crippen LogP contribution in [0.25, 0.3) is 0 Å². The molecule has 1 amide bonds. The maximum atomic E-state index is 12.3. The lowest BCUT2D eigenvalue weighted by Gasteiger charge is -2.40. The maximum absolute atomic E-state index is 12.3. The fourth-order valence-corrected chi connectivity index (χ4v) is 3.09. The first-order valence-electron chi connectivity index (χ1n) is 6.84. The van der Waals surface area contributed by atoms with Crippen molar-refractivity contribution < 1.29 is 14.7 Å². The molecule has 2 rings (SSSR count). The molecule has 2 aliphatic rings. The molecule has 0 aromatic heterocycles. The van der Waals surface area contributed by atoms with Crippen LogP contribution in [0.15, 0.2) is 0 Å². The minimum Gasteiger partial charge on any atom is -0.480 e. The molecule has 0 heterocycles. The maximum Gasteiger partial charge on any atom is 0.329 e. The molecule has 2 atom stereocenters. The van der Waals surface area contributed by atoms with Crippen LogP contribution in [-0.4, -0.2) is 29.1 Å². The van der Waals surface area contributed by atoms with Gasteiger partial charge < -0.3 is 16.2 Å². The first-order chi connectivity index (χ1) is 8.59. The van der Waals surface area contributed by atoms with Gasteiger partial charge in [0.25, 0.3) is 0 Å². The summed E-state index contributed by atoms with van der Waals surface area (Å²) in [4.78, 5) is 23.5. The van der Waals surface area contributed by atoms with E-state index in [0.717, 1.165) is 32.1 Å². The molecule has 2 saturated carbocycles. The third-order valence-electron chi connectivity index (χ3n) is 4.53. The molecular formula is C13H22N2O3. The van der Waals surface area contributed by atoms with Crippen molar-refractivity contribution >= 4 is 11.9 Å². The Morgan fingerprint density at radius 1 is 1.22 bits per heavy atom. The molecular weight excluding hydrogens is 232 g/mol. The lowest BCUT2D eigenvalue weighted by molar-refractivity contribution is -0.153. The van der Waals surface area contributed by atoms with Crippen LogP contribution in [0.3, 0.4) is 0 Å². The van der Waals surface area contributed by atoms with Gasteiger partial charge in [-0.3, -0.25) is 4.79 Å². The highest BCUT2D eigenvalue weighted by molar-refractivity contribution is 5.89. The Morgan fingerprint density at radius 3 is 2.39 bits per heavy atom. The van der Waals surface area contributed by atoms with Crippen molar-refractivity contribution in [1.82, 2.24) is 5.32 Å². The Morgan fingerprint density at radius 2 is 1.89 bits per heavy atom. The summed E-state index contributed by atoms with van der Waals surface area (Å²) in [5, 5.41) is 12.0. The Balaban J connectivity index is 2.00. The number of carbonyl (C=O) groups is 2. The molecule has 2 fully saturated rings. The largest absolute Gasteiger partial charge is 0.480 e. The number of hydrogen-bond donors (Lipinski definition) is 3. The minimum absolute atomic E-state index is 0.0967. The van der Waals surface area contributed by atoms with E-state index >= 15 is 0 Å². The normalized spacial score (nSPS) is 30.3.